The lowest BCUT2D eigenvalue weighted by Crippen LogP contribution is -2.30. The summed E-state index contributed by atoms with van der Waals surface area (Å²) in [6.45, 7) is 0.0639. The van der Waals surface area contributed by atoms with Gasteiger partial charge in [0.15, 0.2) is 6.61 Å². The fourth-order valence-electron chi connectivity index (χ4n) is 1.99. The molecule has 7 heteroatoms. The molecule has 126 valence electrons. The van der Waals surface area contributed by atoms with Crippen molar-refractivity contribution in [1.29, 1.82) is 0 Å². The van der Waals surface area contributed by atoms with E-state index in [1.807, 2.05) is 17.5 Å². The zero-order valence-electron chi connectivity index (χ0n) is 13.1. The highest BCUT2D eigenvalue weighted by molar-refractivity contribution is 7.09. The summed E-state index contributed by atoms with van der Waals surface area (Å²) in [4.78, 5) is 36.5. The first-order chi connectivity index (χ1) is 11.6. The molecule has 1 N–H and O–H groups in total. The minimum Gasteiger partial charge on any atom is -0.465 e. The van der Waals surface area contributed by atoms with E-state index in [0.29, 0.717) is 6.54 Å². The van der Waals surface area contributed by atoms with Crippen LogP contribution in [0.15, 0.2) is 41.8 Å². The molecule has 0 unspecified atom stereocenters. The van der Waals surface area contributed by atoms with Crippen molar-refractivity contribution in [1.82, 2.24) is 5.32 Å². The van der Waals surface area contributed by atoms with E-state index in [1.165, 1.54) is 24.1 Å². The van der Waals surface area contributed by atoms with Crippen LogP contribution in [0.4, 0.5) is 0 Å². The molecule has 1 aromatic carbocycles. The molecular formula is C17H17NO5S. The van der Waals surface area contributed by atoms with Crippen LogP contribution in [0, 0.1) is 0 Å². The molecule has 0 aliphatic heterocycles. The maximum Gasteiger partial charge on any atom is 0.339 e. The van der Waals surface area contributed by atoms with E-state index in [-0.39, 0.29) is 11.1 Å². The lowest BCUT2D eigenvalue weighted by atomic mass is 10.1. The maximum atomic E-state index is 12.0. The Kier molecular flexibility index (Phi) is 6.51. The summed E-state index contributed by atoms with van der Waals surface area (Å²) < 4.78 is 9.57. The molecule has 24 heavy (non-hydrogen) atoms. The quantitative estimate of drug-likeness (QED) is 0.775. The Hall–Kier alpha value is -2.67. The molecule has 0 aliphatic carbocycles. The number of esters is 2. The molecule has 1 heterocycles. The van der Waals surface area contributed by atoms with Crippen LogP contribution < -0.4 is 5.32 Å². The fourth-order valence-corrected chi connectivity index (χ4v) is 2.70. The molecule has 2 aromatic rings. The SMILES string of the molecule is COC(=O)c1ccccc1C(=O)OCC(=O)NCCc1cccs1. The van der Waals surface area contributed by atoms with Gasteiger partial charge in [-0.3, -0.25) is 4.79 Å². The van der Waals surface area contributed by atoms with Crippen LogP contribution in [-0.2, 0) is 20.7 Å². The largest absolute Gasteiger partial charge is 0.465 e. The van der Waals surface area contributed by atoms with Gasteiger partial charge < -0.3 is 14.8 Å². The first-order valence-corrected chi connectivity index (χ1v) is 8.13. The van der Waals surface area contributed by atoms with Crippen LogP contribution in [-0.4, -0.2) is 38.1 Å². The van der Waals surface area contributed by atoms with Gasteiger partial charge in [-0.1, -0.05) is 18.2 Å². The van der Waals surface area contributed by atoms with Crippen LogP contribution >= 0.6 is 11.3 Å². The highest BCUT2D eigenvalue weighted by Crippen LogP contribution is 2.11. The van der Waals surface area contributed by atoms with Gasteiger partial charge in [-0.05, 0) is 30.0 Å². The number of benzene rings is 1. The van der Waals surface area contributed by atoms with Crippen LogP contribution in [0.25, 0.3) is 0 Å². The number of methoxy groups -OCH3 is 1. The number of thiophene rings is 1. The number of carbonyl (C=O) groups is 3. The van der Waals surface area contributed by atoms with E-state index in [1.54, 1.807) is 23.5 Å². The van der Waals surface area contributed by atoms with Gasteiger partial charge in [0, 0.05) is 11.4 Å². The summed E-state index contributed by atoms with van der Waals surface area (Å²) in [5.41, 5.74) is 0.166. The van der Waals surface area contributed by atoms with Crippen LogP contribution in [0.2, 0.25) is 0 Å². The Bertz CT molecular complexity index is 712. The van der Waals surface area contributed by atoms with E-state index in [9.17, 15) is 14.4 Å². The van der Waals surface area contributed by atoms with E-state index in [4.69, 9.17) is 4.74 Å². The number of hydrogen-bond acceptors (Lipinski definition) is 6. The molecule has 0 saturated heterocycles. The first kappa shape index (κ1) is 17.7. The molecule has 0 spiro atoms. The molecule has 0 atom stereocenters. The van der Waals surface area contributed by atoms with Gasteiger partial charge in [-0.25, -0.2) is 9.59 Å². The Morgan fingerprint density at radius 3 is 2.38 bits per heavy atom. The number of amides is 1. The van der Waals surface area contributed by atoms with Gasteiger partial charge in [-0.15, -0.1) is 11.3 Å². The van der Waals surface area contributed by atoms with Gasteiger partial charge in [0.1, 0.15) is 0 Å². The third kappa shape index (κ3) is 4.92. The maximum absolute atomic E-state index is 12.0. The lowest BCUT2D eigenvalue weighted by molar-refractivity contribution is -0.124. The van der Waals surface area contributed by atoms with Crippen LogP contribution in [0.3, 0.4) is 0 Å². The fraction of sp³-hybridized carbons (Fsp3) is 0.235. The topological polar surface area (TPSA) is 81.7 Å². The summed E-state index contributed by atoms with van der Waals surface area (Å²) in [5, 5.41) is 4.65. The summed E-state index contributed by atoms with van der Waals surface area (Å²) in [6, 6.07) is 10.1. The predicted molar refractivity (Wildman–Crippen MR) is 89.1 cm³/mol. The van der Waals surface area contributed by atoms with Gasteiger partial charge in [0.25, 0.3) is 5.91 Å². The Morgan fingerprint density at radius 1 is 1.04 bits per heavy atom. The molecule has 1 amide bonds. The monoisotopic (exact) mass is 347 g/mol. The van der Waals surface area contributed by atoms with Crippen molar-refractivity contribution >= 4 is 29.2 Å². The number of ether oxygens (including phenoxy) is 2. The third-order valence-corrected chi connectivity index (χ3v) is 4.10. The van der Waals surface area contributed by atoms with Gasteiger partial charge in [0.2, 0.25) is 0 Å². The molecule has 0 radical (unpaired) electrons. The highest BCUT2D eigenvalue weighted by atomic mass is 32.1. The van der Waals surface area contributed by atoms with Crippen LogP contribution in [0.5, 0.6) is 0 Å². The molecule has 6 nitrogen and oxygen atoms in total. The number of carbonyl (C=O) groups excluding carboxylic acids is 3. The Morgan fingerprint density at radius 2 is 1.75 bits per heavy atom. The van der Waals surface area contributed by atoms with Crippen LogP contribution in [0.1, 0.15) is 25.6 Å². The molecule has 0 aliphatic rings. The summed E-state index contributed by atoms with van der Waals surface area (Å²) >= 11 is 1.62. The van der Waals surface area contributed by atoms with E-state index >= 15 is 0 Å². The zero-order valence-corrected chi connectivity index (χ0v) is 13.9. The lowest BCUT2D eigenvalue weighted by Gasteiger charge is -2.08. The second-order valence-electron chi connectivity index (χ2n) is 4.79. The van der Waals surface area contributed by atoms with Crippen molar-refractivity contribution in [2.75, 3.05) is 20.3 Å². The highest BCUT2D eigenvalue weighted by Gasteiger charge is 2.18. The number of nitrogens with one attached hydrogen (secondary N) is 1. The Balaban J connectivity index is 1.82. The van der Waals surface area contributed by atoms with Gasteiger partial charge >= 0.3 is 11.9 Å². The summed E-state index contributed by atoms with van der Waals surface area (Å²) in [6.07, 6.45) is 0.725. The summed E-state index contributed by atoms with van der Waals surface area (Å²) in [5.74, 6) is -1.78. The molecular weight excluding hydrogens is 330 g/mol. The van der Waals surface area contributed by atoms with Crippen molar-refractivity contribution in [3.63, 3.8) is 0 Å². The zero-order chi connectivity index (χ0) is 17.4. The molecule has 0 fully saturated rings. The van der Waals surface area contributed by atoms with Crippen molar-refractivity contribution in [2.45, 2.75) is 6.42 Å². The van der Waals surface area contributed by atoms with Gasteiger partial charge in [0.05, 0.1) is 18.2 Å². The predicted octanol–water partition coefficient (Wildman–Crippen LogP) is 2.05. The smallest absolute Gasteiger partial charge is 0.339 e. The normalized spacial score (nSPS) is 10.0. The molecule has 1 aromatic heterocycles. The minimum atomic E-state index is -0.746. The van der Waals surface area contributed by atoms with Crippen molar-refractivity contribution in [3.8, 4) is 0 Å². The molecule has 0 bridgehead atoms. The van der Waals surface area contributed by atoms with E-state index in [2.05, 4.69) is 10.1 Å². The molecule has 2 rings (SSSR count). The summed E-state index contributed by atoms with van der Waals surface area (Å²) in [7, 11) is 1.23. The van der Waals surface area contributed by atoms with Crippen molar-refractivity contribution in [3.05, 3.63) is 57.8 Å². The van der Waals surface area contributed by atoms with E-state index in [0.717, 1.165) is 6.42 Å². The first-order valence-electron chi connectivity index (χ1n) is 7.25. The third-order valence-electron chi connectivity index (χ3n) is 3.16. The van der Waals surface area contributed by atoms with Gasteiger partial charge in [-0.2, -0.15) is 0 Å². The number of hydrogen-bond donors (Lipinski definition) is 1. The average molecular weight is 347 g/mol. The van der Waals surface area contributed by atoms with Crippen molar-refractivity contribution in [2.24, 2.45) is 0 Å². The molecule has 0 saturated carbocycles. The second-order valence-corrected chi connectivity index (χ2v) is 5.82. The van der Waals surface area contributed by atoms with Crippen molar-refractivity contribution < 1.29 is 23.9 Å². The average Bonchev–Trinajstić information content (AvgIpc) is 3.12. The Labute approximate surface area is 143 Å². The minimum absolute atomic E-state index is 0.0655. The second kappa shape index (κ2) is 8.83. The number of rotatable bonds is 7. The standard InChI is InChI=1S/C17H17NO5S/c1-22-16(20)13-6-2-3-7-14(13)17(21)23-11-15(19)18-9-8-12-5-4-10-24-12/h2-7,10H,8-9,11H2,1H3,(H,18,19). The van der Waals surface area contributed by atoms with E-state index < -0.39 is 24.5 Å².